The average Bonchev–Trinajstić information content (AvgIpc) is 2.77. The van der Waals surface area contributed by atoms with Gasteiger partial charge in [0.15, 0.2) is 0 Å². The van der Waals surface area contributed by atoms with Crippen LogP contribution in [0.4, 0.5) is 5.82 Å². The van der Waals surface area contributed by atoms with Crippen LogP contribution in [0.25, 0.3) is 10.8 Å². The van der Waals surface area contributed by atoms with Crippen LogP contribution in [0.3, 0.4) is 0 Å². The summed E-state index contributed by atoms with van der Waals surface area (Å²) >= 11 is 0. The first-order chi connectivity index (χ1) is 9.19. The highest BCUT2D eigenvalue weighted by Gasteiger charge is 2.30. The maximum absolute atomic E-state index is 9.64. The minimum Gasteiger partial charge on any atom is -0.497 e. The van der Waals surface area contributed by atoms with Crippen molar-refractivity contribution in [1.29, 1.82) is 0 Å². The van der Waals surface area contributed by atoms with Gasteiger partial charge in [0, 0.05) is 24.7 Å². The summed E-state index contributed by atoms with van der Waals surface area (Å²) in [5, 5.41) is 21.3. The molecule has 5 heteroatoms. The van der Waals surface area contributed by atoms with Crippen molar-refractivity contribution in [3.63, 3.8) is 0 Å². The third-order valence-electron chi connectivity index (χ3n) is 3.51. The SMILES string of the molecule is COc1ccc2c(N3CC(O)C(O)C3)nccc2c1. The average molecular weight is 260 g/mol. The predicted octanol–water partition coefficient (Wildman–Crippen LogP) is 0.785. The van der Waals surface area contributed by atoms with Crippen molar-refractivity contribution in [2.45, 2.75) is 12.2 Å². The molecule has 2 N–H and O–H groups in total. The highest BCUT2D eigenvalue weighted by molar-refractivity contribution is 5.93. The van der Waals surface area contributed by atoms with Crippen LogP contribution in [0.15, 0.2) is 30.5 Å². The van der Waals surface area contributed by atoms with E-state index in [-0.39, 0.29) is 0 Å². The van der Waals surface area contributed by atoms with Crippen molar-refractivity contribution < 1.29 is 14.9 Å². The second-order valence-corrected chi connectivity index (χ2v) is 4.76. The summed E-state index contributed by atoms with van der Waals surface area (Å²) in [5.74, 6) is 1.59. The molecule has 19 heavy (non-hydrogen) atoms. The number of rotatable bonds is 2. The maximum atomic E-state index is 9.64. The molecular formula is C14H16N2O3. The van der Waals surface area contributed by atoms with Crippen molar-refractivity contribution in [3.05, 3.63) is 30.5 Å². The molecule has 0 amide bonds. The van der Waals surface area contributed by atoms with Gasteiger partial charge >= 0.3 is 0 Å². The Morgan fingerprint density at radius 3 is 2.63 bits per heavy atom. The first-order valence-electron chi connectivity index (χ1n) is 6.23. The number of ether oxygens (including phenoxy) is 1. The Bertz CT molecular complexity index is 592. The molecule has 5 nitrogen and oxygen atoms in total. The van der Waals surface area contributed by atoms with Crippen molar-refractivity contribution in [3.8, 4) is 5.75 Å². The summed E-state index contributed by atoms with van der Waals surface area (Å²) < 4.78 is 5.21. The Morgan fingerprint density at radius 2 is 1.95 bits per heavy atom. The zero-order chi connectivity index (χ0) is 13.4. The largest absolute Gasteiger partial charge is 0.497 e. The van der Waals surface area contributed by atoms with Gasteiger partial charge in [0.1, 0.15) is 11.6 Å². The fraction of sp³-hybridized carbons (Fsp3) is 0.357. The first-order valence-corrected chi connectivity index (χ1v) is 6.23. The molecule has 0 aliphatic carbocycles. The normalized spacial score (nSPS) is 23.0. The number of anilines is 1. The van der Waals surface area contributed by atoms with Crippen molar-refractivity contribution in [2.75, 3.05) is 25.1 Å². The molecule has 0 spiro atoms. The number of fused-ring (bicyclic) bond motifs is 1. The predicted molar refractivity (Wildman–Crippen MR) is 72.5 cm³/mol. The van der Waals surface area contributed by atoms with E-state index in [1.165, 1.54) is 0 Å². The molecule has 100 valence electrons. The third-order valence-corrected chi connectivity index (χ3v) is 3.51. The summed E-state index contributed by atoms with van der Waals surface area (Å²) in [6.07, 6.45) is 0.305. The van der Waals surface area contributed by atoms with Gasteiger partial charge in [0.25, 0.3) is 0 Å². The van der Waals surface area contributed by atoms with Crippen molar-refractivity contribution >= 4 is 16.6 Å². The van der Waals surface area contributed by atoms with Gasteiger partial charge in [-0.05, 0) is 29.7 Å². The number of nitrogens with zero attached hydrogens (tertiary/aromatic N) is 2. The number of aliphatic hydroxyl groups is 2. The summed E-state index contributed by atoms with van der Waals surface area (Å²) in [6.45, 7) is 0.804. The van der Waals surface area contributed by atoms with Crippen LogP contribution in [0.2, 0.25) is 0 Å². The Hall–Kier alpha value is -1.85. The van der Waals surface area contributed by atoms with E-state index in [1.807, 2.05) is 29.2 Å². The smallest absolute Gasteiger partial charge is 0.136 e. The molecule has 1 saturated heterocycles. The van der Waals surface area contributed by atoms with Gasteiger partial charge in [-0.15, -0.1) is 0 Å². The van der Waals surface area contributed by atoms with E-state index in [0.717, 1.165) is 22.3 Å². The number of β-amino-alcohol motifs (C(OH)–C–C–N with tert-alkyl or cyclic N) is 2. The molecule has 0 saturated carbocycles. The zero-order valence-corrected chi connectivity index (χ0v) is 10.7. The van der Waals surface area contributed by atoms with Crippen LogP contribution in [-0.4, -0.2) is 47.6 Å². The van der Waals surface area contributed by atoms with Gasteiger partial charge in [0.05, 0.1) is 19.3 Å². The molecule has 1 aliphatic rings. The number of pyridine rings is 1. The van der Waals surface area contributed by atoms with Crippen LogP contribution >= 0.6 is 0 Å². The molecule has 3 rings (SSSR count). The lowest BCUT2D eigenvalue weighted by Crippen LogP contribution is -2.22. The van der Waals surface area contributed by atoms with Gasteiger partial charge in [0.2, 0.25) is 0 Å². The van der Waals surface area contributed by atoms with E-state index in [9.17, 15) is 10.2 Å². The van der Waals surface area contributed by atoms with Crippen LogP contribution in [0.5, 0.6) is 5.75 Å². The van der Waals surface area contributed by atoms with Gasteiger partial charge < -0.3 is 19.8 Å². The summed E-state index contributed by atoms with van der Waals surface area (Å²) in [4.78, 5) is 6.28. The maximum Gasteiger partial charge on any atom is 0.136 e. The second-order valence-electron chi connectivity index (χ2n) is 4.76. The fourth-order valence-electron chi connectivity index (χ4n) is 2.46. The molecule has 1 aliphatic heterocycles. The minimum absolute atomic E-state index is 0.402. The van der Waals surface area contributed by atoms with Crippen LogP contribution in [0, 0.1) is 0 Å². The van der Waals surface area contributed by atoms with Gasteiger partial charge in [-0.25, -0.2) is 4.98 Å². The number of hydrogen-bond donors (Lipinski definition) is 2. The van der Waals surface area contributed by atoms with Crippen molar-refractivity contribution in [2.24, 2.45) is 0 Å². The summed E-state index contributed by atoms with van der Waals surface area (Å²) in [6, 6.07) is 7.71. The Morgan fingerprint density at radius 1 is 1.21 bits per heavy atom. The van der Waals surface area contributed by atoms with Gasteiger partial charge in [-0.2, -0.15) is 0 Å². The van der Waals surface area contributed by atoms with Gasteiger partial charge in [-0.1, -0.05) is 0 Å². The van der Waals surface area contributed by atoms with E-state index in [1.54, 1.807) is 13.3 Å². The molecular weight excluding hydrogens is 244 g/mol. The zero-order valence-electron chi connectivity index (χ0n) is 10.7. The van der Waals surface area contributed by atoms with Gasteiger partial charge in [-0.3, -0.25) is 0 Å². The lowest BCUT2D eigenvalue weighted by molar-refractivity contribution is 0.0572. The molecule has 2 unspecified atom stereocenters. The highest BCUT2D eigenvalue weighted by atomic mass is 16.5. The van der Waals surface area contributed by atoms with Crippen molar-refractivity contribution in [1.82, 2.24) is 4.98 Å². The molecule has 1 aromatic carbocycles. The molecule has 0 radical (unpaired) electrons. The van der Waals surface area contributed by atoms with E-state index in [2.05, 4.69) is 4.98 Å². The summed E-state index contributed by atoms with van der Waals surface area (Å²) in [7, 11) is 1.64. The monoisotopic (exact) mass is 260 g/mol. The summed E-state index contributed by atoms with van der Waals surface area (Å²) in [5.41, 5.74) is 0. The lowest BCUT2D eigenvalue weighted by atomic mass is 10.1. The Balaban J connectivity index is 2.04. The quantitative estimate of drug-likeness (QED) is 0.835. The number of methoxy groups -OCH3 is 1. The van der Waals surface area contributed by atoms with E-state index < -0.39 is 12.2 Å². The highest BCUT2D eigenvalue weighted by Crippen LogP contribution is 2.29. The number of benzene rings is 1. The van der Waals surface area contributed by atoms with Crippen LogP contribution in [-0.2, 0) is 0 Å². The van der Waals surface area contributed by atoms with E-state index in [4.69, 9.17) is 4.74 Å². The van der Waals surface area contributed by atoms with Crippen LogP contribution in [0.1, 0.15) is 0 Å². The van der Waals surface area contributed by atoms with E-state index in [0.29, 0.717) is 13.1 Å². The first kappa shape index (κ1) is 12.2. The number of aliphatic hydroxyl groups excluding tert-OH is 2. The lowest BCUT2D eigenvalue weighted by Gasteiger charge is -2.18. The molecule has 2 heterocycles. The fourth-order valence-corrected chi connectivity index (χ4v) is 2.46. The molecule has 1 aromatic heterocycles. The Labute approximate surface area is 111 Å². The number of aromatic nitrogens is 1. The minimum atomic E-state index is -0.713. The second kappa shape index (κ2) is 4.68. The standard InChI is InChI=1S/C14H16N2O3/c1-19-10-2-3-11-9(6-10)4-5-15-14(11)16-7-12(17)13(18)8-16/h2-6,12-13,17-18H,7-8H2,1H3. The van der Waals surface area contributed by atoms with Crippen LogP contribution < -0.4 is 9.64 Å². The molecule has 2 aromatic rings. The molecule has 0 bridgehead atoms. The number of hydrogen-bond acceptors (Lipinski definition) is 5. The topological polar surface area (TPSA) is 65.8 Å². The molecule has 1 fully saturated rings. The molecule has 2 atom stereocenters. The van der Waals surface area contributed by atoms with E-state index >= 15 is 0 Å². The third kappa shape index (κ3) is 2.11. The Kier molecular flexibility index (Phi) is 3.00.